The molecule has 1 rings (SSSR count). The van der Waals surface area contributed by atoms with Crippen molar-refractivity contribution >= 4 is 21.6 Å². The van der Waals surface area contributed by atoms with Crippen molar-refractivity contribution in [2.45, 2.75) is 6.92 Å². The lowest BCUT2D eigenvalue weighted by atomic mass is 10.2. The van der Waals surface area contributed by atoms with E-state index < -0.39 is 22.5 Å². The monoisotopic (exact) mass is 317 g/mol. The number of hydrogen-bond donors (Lipinski definition) is 2. The third-order valence-corrected chi connectivity index (χ3v) is 4.53. The van der Waals surface area contributed by atoms with Gasteiger partial charge in [-0.15, -0.1) is 0 Å². The molecule has 0 unspecified atom stereocenters. The molecule has 1 aromatic carbocycles. The lowest BCUT2D eigenvalue weighted by Crippen LogP contribution is -2.43. The summed E-state index contributed by atoms with van der Waals surface area (Å²) in [4.78, 5) is 11.5. The summed E-state index contributed by atoms with van der Waals surface area (Å²) in [6, 6.07) is 4.62. The number of anilines is 1. The number of nitrogens with two attached hydrogens (primary N) is 1. The summed E-state index contributed by atoms with van der Waals surface area (Å²) in [5.74, 6) is 5.01. The van der Waals surface area contributed by atoms with Crippen LogP contribution in [-0.2, 0) is 14.8 Å². The summed E-state index contributed by atoms with van der Waals surface area (Å²) in [6.45, 7) is 1.05. The molecule has 0 saturated carbocycles. The van der Waals surface area contributed by atoms with E-state index in [-0.39, 0.29) is 17.2 Å². The number of amides is 1. The minimum Gasteiger partial charge on any atom is -0.497 e. The summed E-state index contributed by atoms with van der Waals surface area (Å²) in [7, 11) is -0.791. The Morgan fingerprint density at radius 2 is 2.00 bits per heavy atom. The van der Waals surface area contributed by atoms with Crippen LogP contribution in [0.4, 0.5) is 5.69 Å². The number of methoxy groups -OCH3 is 2. The Labute approximate surface area is 123 Å². The molecule has 0 spiro atoms. The van der Waals surface area contributed by atoms with Crippen molar-refractivity contribution in [3.8, 4) is 11.5 Å². The maximum absolute atomic E-state index is 12.2. The van der Waals surface area contributed by atoms with Crippen LogP contribution in [0.15, 0.2) is 18.2 Å². The summed E-state index contributed by atoms with van der Waals surface area (Å²) >= 11 is 0. The zero-order valence-corrected chi connectivity index (χ0v) is 12.9. The van der Waals surface area contributed by atoms with E-state index in [4.69, 9.17) is 15.3 Å². The Hall–Kier alpha value is -2.00. The predicted octanol–water partition coefficient (Wildman–Crippen LogP) is -0.150. The van der Waals surface area contributed by atoms with E-state index >= 15 is 0 Å². The predicted molar refractivity (Wildman–Crippen MR) is 78.7 cm³/mol. The maximum Gasteiger partial charge on any atom is 0.254 e. The summed E-state index contributed by atoms with van der Waals surface area (Å²) in [6.07, 6.45) is 0. The fraction of sp³-hybridized carbons (Fsp3) is 0.417. The van der Waals surface area contributed by atoms with Gasteiger partial charge in [0.15, 0.2) is 0 Å². The molecule has 0 aliphatic rings. The number of ether oxygens (including phenoxy) is 2. The minimum atomic E-state index is -3.67. The van der Waals surface area contributed by atoms with Gasteiger partial charge in [-0.05, 0) is 19.1 Å². The fourth-order valence-electron chi connectivity index (χ4n) is 1.66. The standard InChI is InChI=1S/C12H19N3O5S/c1-4-21(17,18)15(8-12(16)14-13)10-6-5-9(19-2)7-11(10)20-3/h5-7H,4,8,13H2,1-3H3,(H,14,16). The van der Waals surface area contributed by atoms with Crippen LogP contribution in [-0.4, -0.2) is 40.8 Å². The molecule has 0 radical (unpaired) electrons. The molecule has 0 aliphatic heterocycles. The van der Waals surface area contributed by atoms with Crippen molar-refractivity contribution in [2.24, 2.45) is 5.84 Å². The second-order valence-corrected chi connectivity index (χ2v) is 6.19. The Kier molecular flexibility index (Phi) is 5.79. The largest absolute Gasteiger partial charge is 0.497 e. The van der Waals surface area contributed by atoms with E-state index in [9.17, 15) is 13.2 Å². The molecule has 0 bridgehead atoms. The molecule has 1 aromatic rings. The molecule has 0 aliphatic carbocycles. The van der Waals surface area contributed by atoms with Gasteiger partial charge in [-0.1, -0.05) is 0 Å². The number of sulfonamides is 1. The molecule has 9 heteroatoms. The zero-order chi connectivity index (χ0) is 16.0. The second-order valence-electron chi connectivity index (χ2n) is 4.01. The van der Waals surface area contributed by atoms with E-state index in [2.05, 4.69) is 0 Å². The molecule has 118 valence electrons. The molecular weight excluding hydrogens is 298 g/mol. The molecule has 3 N–H and O–H groups in total. The Balaban J connectivity index is 3.35. The lowest BCUT2D eigenvalue weighted by Gasteiger charge is -2.24. The fourth-order valence-corrected chi connectivity index (χ4v) is 2.73. The average molecular weight is 317 g/mol. The van der Waals surface area contributed by atoms with Crippen LogP contribution in [0, 0.1) is 0 Å². The van der Waals surface area contributed by atoms with Gasteiger partial charge in [-0.3, -0.25) is 14.5 Å². The first-order chi connectivity index (χ1) is 9.89. The third kappa shape index (κ3) is 3.99. The van der Waals surface area contributed by atoms with Crippen molar-refractivity contribution in [3.05, 3.63) is 18.2 Å². The molecule has 0 aromatic heterocycles. The van der Waals surface area contributed by atoms with Crippen LogP contribution in [0.3, 0.4) is 0 Å². The molecule has 8 nitrogen and oxygen atoms in total. The molecule has 0 atom stereocenters. The number of carbonyl (C=O) groups is 1. The van der Waals surface area contributed by atoms with Crippen LogP contribution in [0.5, 0.6) is 11.5 Å². The topological polar surface area (TPSA) is 111 Å². The molecule has 21 heavy (non-hydrogen) atoms. The van der Waals surface area contributed by atoms with Crippen molar-refractivity contribution < 1.29 is 22.7 Å². The van der Waals surface area contributed by atoms with Gasteiger partial charge in [0.05, 0.1) is 25.7 Å². The minimum absolute atomic E-state index is 0.167. The summed E-state index contributed by atoms with van der Waals surface area (Å²) in [5, 5.41) is 0. The second kappa shape index (κ2) is 7.14. The van der Waals surface area contributed by atoms with Crippen molar-refractivity contribution in [3.63, 3.8) is 0 Å². The summed E-state index contributed by atoms with van der Waals surface area (Å²) < 4.78 is 35.6. The van der Waals surface area contributed by atoms with Crippen LogP contribution in [0.1, 0.15) is 6.92 Å². The van der Waals surface area contributed by atoms with Gasteiger partial charge in [0.1, 0.15) is 18.0 Å². The molecule has 0 heterocycles. The first-order valence-electron chi connectivity index (χ1n) is 6.11. The SMILES string of the molecule is CCS(=O)(=O)N(CC(=O)NN)c1ccc(OC)cc1OC. The van der Waals surface area contributed by atoms with Crippen molar-refractivity contribution in [2.75, 3.05) is 30.8 Å². The highest BCUT2D eigenvalue weighted by Crippen LogP contribution is 2.33. The molecule has 0 saturated heterocycles. The average Bonchev–Trinajstić information content (AvgIpc) is 2.51. The Morgan fingerprint density at radius 1 is 1.33 bits per heavy atom. The number of nitrogens with zero attached hydrogens (tertiary/aromatic N) is 1. The summed E-state index contributed by atoms with van der Waals surface area (Å²) in [5.41, 5.74) is 2.15. The normalized spacial score (nSPS) is 10.9. The van der Waals surface area contributed by atoms with E-state index in [0.717, 1.165) is 4.31 Å². The van der Waals surface area contributed by atoms with E-state index in [1.54, 1.807) is 6.07 Å². The Bertz CT molecular complexity index is 603. The zero-order valence-electron chi connectivity index (χ0n) is 12.1. The number of benzene rings is 1. The van der Waals surface area contributed by atoms with Crippen molar-refractivity contribution in [1.82, 2.24) is 5.43 Å². The van der Waals surface area contributed by atoms with E-state index in [0.29, 0.717) is 5.75 Å². The molecule has 1 amide bonds. The van der Waals surface area contributed by atoms with Crippen LogP contribution in [0.25, 0.3) is 0 Å². The highest BCUT2D eigenvalue weighted by atomic mass is 32.2. The van der Waals surface area contributed by atoms with Gasteiger partial charge in [0.2, 0.25) is 10.0 Å². The number of hydrazine groups is 1. The van der Waals surface area contributed by atoms with E-state index in [1.807, 2.05) is 5.43 Å². The maximum atomic E-state index is 12.2. The van der Waals surface area contributed by atoms with Gasteiger partial charge < -0.3 is 9.47 Å². The van der Waals surface area contributed by atoms with Crippen LogP contribution < -0.4 is 25.0 Å². The van der Waals surface area contributed by atoms with Gasteiger partial charge >= 0.3 is 0 Å². The van der Waals surface area contributed by atoms with Gasteiger partial charge in [-0.2, -0.15) is 0 Å². The number of carbonyl (C=O) groups excluding carboxylic acids is 1. The lowest BCUT2D eigenvalue weighted by molar-refractivity contribution is -0.119. The highest BCUT2D eigenvalue weighted by molar-refractivity contribution is 7.92. The number of hydrogen-bond acceptors (Lipinski definition) is 6. The molecular formula is C12H19N3O5S. The number of rotatable bonds is 7. The van der Waals surface area contributed by atoms with Gasteiger partial charge in [0.25, 0.3) is 5.91 Å². The first kappa shape index (κ1) is 17.1. The highest BCUT2D eigenvalue weighted by Gasteiger charge is 2.26. The quantitative estimate of drug-likeness (QED) is 0.411. The van der Waals surface area contributed by atoms with E-state index in [1.165, 1.54) is 33.3 Å². The first-order valence-corrected chi connectivity index (χ1v) is 7.72. The molecule has 0 fully saturated rings. The van der Waals surface area contributed by atoms with Gasteiger partial charge in [0, 0.05) is 6.07 Å². The third-order valence-electron chi connectivity index (χ3n) is 2.80. The van der Waals surface area contributed by atoms with Crippen LogP contribution >= 0.6 is 0 Å². The van der Waals surface area contributed by atoms with Gasteiger partial charge in [-0.25, -0.2) is 14.3 Å². The van der Waals surface area contributed by atoms with Crippen molar-refractivity contribution in [1.29, 1.82) is 0 Å². The van der Waals surface area contributed by atoms with Crippen LogP contribution in [0.2, 0.25) is 0 Å². The smallest absolute Gasteiger partial charge is 0.254 e. The number of nitrogens with one attached hydrogen (secondary N) is 1. The Morgan fingerprint density at radius 3 is 2.48 bits per heavy atom.